The number of nitrogens with zero attached hydrogens (tertiary/aromatic N) is 2. The molecule has 1 aromatic rings. The van der Waals surface area contributed by atoms with Gasteiger partial charge in [0.25, 0.3) is 0 Å². The number of aromatic nitrogens is 1. The quantitative estimate of drug-likeness (QED) is 0.895. The number of ether oxygens (including phenoxy) is 1. The van der Waals surface area contributed by atoms with Crippen molar-refractivity contribution >= 4 is 5.91 Å². The second-order valence-corrected chi connectivity index (χ2v) is 5.57. The van der Waals surface area contributed by atoms with Crippen LogP contribution in [0.4, 0.5) is 0 Å². The number of amides is 1. The van der Waals surface area contributed by atoms with Crippen molar-refractivity contribution in [2.45, 2.75) is 44.9 Å². The smallest absolute Gasteiger partial charge is 0.226 e. The van der Waals surface area contributed by atoms with Gasteiger partial charge in [-0.3, -0.25) is 9.78 Å². The minimum absolute atomic E-state index is 0.0602. The van der Waals surface area contributed by atoms with Gasteiger partial charge in [-0.05, 0) is 37.8 Å². The molecule has 0 aliphatic heterocycles. The van der Waals surface area contributed by atoms with E-state index < -0.39 is 6.10 Å². The van der Waals surface area contributed by atoms with Crippen LogP contribution in [0.15, 0.2) is 24.5 Å². The minimum atomic E-state index is -0.451. The van der Waals surface area contributed by atoms with E-state index in [0.29, 0.717) is 25.9 Å². The molecule has 21 heavy (non-hydrogen) atoms. The Labute approximate surface area is 125 Å². The Balaban J connectivity index is 1.99. The molecule has 0 aromatic carbocycles. The maximum Gasteiger partial charge on any atom is 0.226 e. The van der Waals surface area contributed by atoms with E-state index in [4.69, 9.17) is 4.74 Å². The van der Waals surface area contributed by atoms with Crippen LogP contribution in [0.2, 0.25) is 0 Å². The molecule has 1 fully saturated rings. The lowest BCUT2D eigenvalue weighted by Crippen LogP contribution is -2.43. The molecule has 5 heteroatoms. The molecule has 1 aromatic heterocycles. The summed E-state index contributed by atoms with van der Waals surface area (Å²) in [5.74, 6) is 0.0882. The summed E-state index contributed by atoms with van der Waals surface area (Å²) in [5, 5.41) is 9.84. The Bertz CT molecular complexity index is 452. The van der Waals surface area contributed by atoms with Crippen LogP contribution in [0.5, 0.6) is 0 Å². The predicted octanol–water partition coefficient (Wildman–Crippen LogP) is 1.61. The van der Waals surface area contributed by atoms with E-state index in [-0.39, 0.29) is 17.9 Å². The fraction of sp³-hybridized carbons (Fsp3) is 0.625. The molecular weight excluding hydrogens is 268 g/mol. The van der Waals surface area contributed by atoms with Crippen LogP contribution in [-0.4, -0.2) is 46.8 Å². The van der Waals surface area contributed by atoms with Crippen LogP contribution in [-0.2, 0) is 16.1 Å². The van der Waals surface area contributed by atoms with Crippen molar-refractivity contribution in [3.63, 3.8) is 0 Å². The molecule has 1 aliphatic carbocycles. The highest BCUT2D eigenvalue weighted by Crippen LogP contribution is 2.28. The average molecular weight is 292 g/mol. The molecular formula is C16H24N2O3. The lowest BCUT2D eigenvalue weighted by atomic mass is 9.84. The highest BCUT2D eigenvalue weighted by atomic mass is 16.5. The van der Waals surface area contributed by atoms with Gasteiger partial charge < -0.3 is 14.7 Å². The number of hydrogen-bond donors (Lipinski definition) is 1. The highest BCUT2D eigenvalue weighted by molar-refractivity contribution is 5.79. The number of aliphatic hydroxyl groups is 1. The van der Waals surface area contributed by atoms with Crippen molar-refractivity contribution in [3.8, 4) is 0 Å². The Morgan fingerprint density at radius 3 is 2.95 bits per heavy atom. The van der Waals surface area contributed by atoms with Crippen molar-refractivity contribution in [2.24, 2.45) is 5.92 Å². The van der Waals surface area contributed by atoms with Gasteiger partial charge in [-0.25, -0.2) is 0 Å². The van der Waals surface area contributed by atoms with Crippen molar-refractivity contribution < 1.29 is 14.6 Å². The SMILES string of the molecule is CCN(Cc1cccnc1)C(=O)[C@@H]1CC[C@H](O)[C@H](OC)C1. The monoisotopic (exact) mass is 292 g/mol. The van der Waals surface area contributed by atoms with E-state index in [0.717, 1.165) is 12.0 Å². The number of carbonyl (C=O) groups is 1. The summed E-state index contributed by atoms with van der Waals surface area (Å²) in [6, 6.07) is 3.86. The fourth-order valence-electron chi connectivity index (χ4n) is 2.91. The predicted molar refractivity (Wildman–Crippen MR) is 79.5 cm³/mol. The van der Waals surface area contributed by atoms with Crippen LogP contribution in [0, 0.1) is 5.92 Å². The van der Waals surface area contributed by atoms with Crippen molar-refractivity contribution in [1.82, 2.24) is 9.88 Å². The molecule has 3 atom stereocenters. The molecule has 0 bridgehead atoms. The summed E-state index contributed by atoms with van der Waals surface area (Å²) in [7, 11) is 1.59. The zero-order valence-corrected chi connectivity index (χ0v) is 12.7. The summed E-state index contributed by atoms with van der Waals surface area (Å²) < 4.78 is 5.28. The Morgan fingerprint density at radius 1 is 1.52 bits per heavy atom. The van der Waals surface area contributed by atoms with Gasteiger partial charge in [0.2, 0.25) is 5.91 Å². The summed E-state index contributed by atoms with van der Waals surface area (Å²) in [5.41, 5.74) is 1.03. The van der Waals surface area contributed by atoms with Crippen molar-refractivity contribution in [1.29, 1.82) is 0 Å². The third kappa shape index (κ3) is 4.02. The first-order valence-corrected chi connectivity index (χ1v) is 7.54. The van der Waals surface area contributed by atoms with Gasteiger partial charge in [0.15, 0.2) is 0 Å². The Kier molecular flexibility index (Phi) is 5.70. The first-order valence-electron chi connectivity index (χ1n) is 7.54. The van der Waals surface area contributed by atoms with Gasteiger partial charge >= 0.3 is 0 Å². The molecule has 1 heterocycles. The van der Waals surface area contributed by atoms with E-state index in [9.17, 15) is 9.90 Å². The molecule has 5 nitrogen and oxygen atoms in total. The lowest BCUT2D eigenvalue weighted by molar-refractivity contribution is -0.141. The molecule has 1 saturated carbocycles. The number of aliphatic hydroxyl groups excluding tert-OH is 1. The summed E-state index contributed by atoms with van der Waals surface area (Å²) in [6.07, 6.45) is 4.78. The molecule has 0 unspecified atom stereocenters. The van der Waals surface area contributed by atoms with Crippen LogP contribution in [0.25, 0.3) is 0 Å². The average Bonchev–Trinajstić information content (AvgIpc) is 2.53. The van der Waals surface area contributed by atoms with Gasteiger partial charge in [-0.15, -0.1) is 0 Å². The summed E-state index contributed by atoms with van der Waals surface area (Å²) in [6.45, 7) is 3.24. The van der Waals surface area contributed by atoms with E-state index in [1.54, 1.807) is 19.5 Å². The topological polar surface area (TPSA) is 62.7 Å². The van der Waals surface area contributed by atoms with Crippen LogP contribution in [0.1, 0.15) is 31.7 Å². The van der Waals surface area contributed by atoms with Gasteiger partial charge in [-0.1, -0.05) is 6.07 Å². The first kappa shape index (κ1) is 15.9. The largest absolute Gasteiger partial charge is 0.390 e. The number of hydrogen-bond acceptors (Lipinski definition) is 4. The maximum absolute atomic E-state index is 12.7. The zero-order valence-electron chi connectivity index (χ0n) is 12.7. The van der Waals surface area contributed by atoms with Gasteiger partial charge in [0.1, 0.15) is 0 Å². The molecule has 0 saturated heterocycles. The number of carbonyl (C=O) groups excluding carboxylic acids is 1. The molecule has 1 amide bonds. The summed E-state index contributed by atoms with van der Waals surface area (Å²) in [4.78, 5) is 18.6. The van der Waals surface area contributed by atoms with Gasteiger partial charge in [0.05, 0.1) is 12.2 Å². The van der Waals surface area contributed by atoms with Gasteiger partial charge in [-0.2, -0.15) is 0 Å². The second kappa shape index (κ2) is 7.52. The van der Waals surface area contributed by atoms with Crippen LogP contribution < -0.4 is 0 Å². The van der Waals surface area contributed by atoms with E-state index in [1.807, 2.05) is 24.0 Å². The standard InChI is InChI=1S/C16H24N2O3/c1-3-18(11-12-5-4-8-17-10-12)16(20)13-6-7-14(19)15(9-13)21-2/h4-5,8,10,13-15,19H,3,6-7,9,11H2,1-2H3/t13-,14+,15-/m1/s1. The minimum Gasteiger partial charge on any atom is -0.390 e. The van der Waals surface area contributed by atoms with Crippen LogP contribution in [0.3, 0.4) is 0 Å². The van der Waals surface area contributed by atoms with Crippen molar-refractivity contribution in [2.75, 3.05) is 13.7 Å². The Morgan fingerprint density at radius 2 is 2.33 bits per heavy atom. The second-order valence-electron chi connectivity index (χ2n) is 5.57. The lowest BCUT2D eigenvalue weighted by Gasteiger charge is -2.34. The number of pyridine rings is 1. The third-order valence-corrected chi connectivity index (χ3v) is 4.20. The number of methoxy groups -OCH3 is 1. The normalized spacial score (nSPS) is 25.6. The molecule has 116 valence electrons. The van der Waals surface area contributed by atoms with E-state index in [2.05, 4.69) is 4.98 Å². The van der Waals surface area contributed by atoms with E-state index in [1.165, 1.54) is 0 Å². The molecule has 0 radical (unpaired) electrons. The first-order chi connectivity index (χ1) is 10.2. The third-order valence-electron chi connectivity index (χ3n) is 4.20. The number of rotatable bonds is 5. The molecule has 2 rings (SSSR count). The molecule has 1 aliphatic rings. The summed E-state index contributed by atoms with van der Waals surface area (Å²) >= 11 is 0. The molecule has 0 spiro atoms. The van der Waals surface area contributed by atoms with Gasteiger partial charge in [0, 0.05) is 38.5 Å². The fourth-order valence-corrected chi connectivity index (χ4v) is 2.91. The maximum atomic E-state index is 12.7. The highest BCUT2D eigenvalue weighted by Gasteiger charge is 2.34. The zero-order chi connectivity index (χ0) is 15.2. The van der Waals surface area contributed by atoms with Crippen LogP contribution >= 0.6 is 0 Å². The van der Waals surface area contributed by atoms with Crippen molar-refractivity contribution in [3.05, 3.63) is 30.1 Å². The molecule has 1 N–H and O–H groups in total. The Hall–Kier alpha value is -1.46. The van der Waals surface area contributed by atoms with E-state index >= 15 is 0 Å².